The molecule has 3 aromatic rings. The minimum absolute atomic E-state index is 0.0857. The van der Waals surface area contributed by atoms with Crippen LogP contribution in [0.1, 0.15) is 63.9 Å². The van der Waals surface area contributed by atoms with Gasteiger partial charge in [-0.3, -0.25) is 9.59 Å². The van der Waals surface area contributed by atoms with Gasteiger partial charge in [0.15, 0.2) is 0 Å². The van der Waals surface area contributed by atoms with Crippen LogP contribution in [0.15, 0.2) is 48.5 Å². The summed E-state index contributed by atoms with van der Waals surface area (Å²) >= 11 is 0. The van der Waals surface area contributed by atoms with Gasteiger partial charge in [0.25, 0.3) is 0 Å². The number of nitrogens with zero attached hydrogens (tertiary/aromatic N) is 4. The van der Waals surface area contributed by atoms with Gasteiger partial charge < -0.3 is 38.7 Å². The molecule has 2 heterocycles. The van der Waals surface area contributed by atoms with Crippen LogP contribution in [0, 0.1) is 0 Å². The quantitative estimate of drug-likeness (QED) is 0.0992. The number of aromatic nitrogens is 3. The fraction of sp³-hybridized carbons (Fsp3) is 0.543. The maximum Gasteiger partial charge on any atom is 0.329 e. The third kappa shape index (κ3) is 12.8. The molecular formula is C35H52N5O8P. The highest BCUT2D eigenvalue weighted by atomic mass is 31.2. The second kappa shape index (κ2) is 23.2. The number of hydrogen-bond donors (Lipinski definition) is 3. The number of unbranched alkanes of at least 4 members (excludes halogenated alkanes) is 4. The smallest absolute Gasteiger partial charge is 0.329 e. The van der Waals surface area contributed by atoms with Crippen LogP contribution in [0.4, 0.5) is 5.69 Å². The van der Waals surface area contributed by atoms with E-state index in [0.29, 0.717) is 51.8 Å². The first-order chi connectivity index (χ1) is 24.0. The van der Waals surface area contributed by atoms with Crippen LogP contribution < -0.4 is 10.2 Å². The number of benzene rings is 2. The lowest BCUT2D eigenvalue weighted by atomic mass is 9.95. The summed E-state index contributed by atoms with van der Waals surface area (Å²) in [5.41, 5.74) is 5.08. The van der Waals surface area contributed by atoms with Crippen LogP contribution in [0.25, 0.3) is 22.5 Å². The lowest BCUT2D eigenvalue weighted by Crippen LogP contribution is -2.33. The van der Waals surface area contributed by atoms with E-state index in [-0.39, 0.29) is 24.7 Å². The Morgan fingerprint density at radius 3 is 2.37 bits per heavy atom. The molecule has 14 heteroatoms. The number of ether oxygens (including phenoxy) is 2. The summed E-state index contributed by atoms with van der Waals surface area (Å²) in [7, 11) is 0.629. The molecular weight excluding hydrogens is 649 g/mol. The number of nitrogens with one attached hydrogen (secondary N) is 1. The lowest BCUT2D eigenvalue weighted by Gasteiger charge is -2.28. The van der Waals surface area contributed by atoms with Gasteiger partial charge in [0, 0.05) is 51.3 Å². The molecule has 0 fully saturated rings. The van der Waals surface area contributed by atoms with Gasteiger partial charge in [-0.1, -0.05) is 73.9 Å². The summed E-state index contributed by atoms with van der Waals surface area (Å²) in [6.07, 6.45) is 5.84. The third-order valence-corrected chi connectivity index (χ3v) is 8.58. The van der Waals surface area contributed by atoms with E-state index < -0.39 is 8.60 Å². The average molecular weight is 702 g/mol. The fourth-order valence-electron chi connectivity index (χ4n) is 5.36. The molecule has 2 aromatic carbocycles. The molecule has 1 aliphatic heterocycles. The van der Waals surface area contributed by atoms with Crippen LogP contribution >= 0.6 is 8.60 Å². The van der Waals surface area contributed by atoms with Gasteiger partial charge >= 0.3 is 8.60 Å². The standard InChI is InChI=1S/C34H48N5O7P.CH4O/c1-3-4-21-44-24-25-45-23-20-39-34-28-14-8-7-13-27(28)26-38(30-16-10-9-15-29(30)33(34)36-37-39)32(41)18-17-31(40)35-19-11-5-6-12-22-46-47(42)43-2;1-2/h7-10,13-16,42H,3-6,11-12,17-26H2,1-2H3,(H,35,40);2H,1H3. The molecule has 0 spiro atoms. The molecule has 0 radical (unpaired) electrons. The molecule has 1 unspecified atom stereocenters. The highest BCUT2D eigenvalue weighted by molar-refractivity contribution is 7.40. The Hall–Kier alpha value is -3.29. The number of carbonyl (C=O) groups is 2. The Morgan fingerprint density at radius 1 is 0.878 bits per heavy atom. The number of amides is 2. The van der Waals surface area contributed by atoms with Gasteiger partial charge in [-0.15, -0.1) is 5.10 Å². The van der Waals surface area contributed by atoms with Gasteiger partial charge in [0.2, 0.25) is 11.8 Å². The average Bonchev–Trinajstić information content (AvgIpc) is 3.54. The van der Waals surface area contributed by atoms with Gasteiger partial charge in [0.1, 0.15) is 5.69 Å². The van der Waals surface area contributed by atoms with Gasteiger partial charge in [0.05, 0.1) is 50.9 Å². The first-order valence-electron chi connectivity index (χ1n) is 17.0. The molecule has 1 atom stereocenters. The third-order valence-electron chi connectivity index (χ3n) is 7.87. The Balaban J connectivity index is 0.00000319. The van der Waals surface area contributed by atoms with E-state index in [4.69, 9.17) is 23.6 Å². The molecule has 13 nitrogen and oxygen atoms in total. The zero-order valence-corrected chi connectivity index (χ0v) is 29.9. The molecule has 0 saturated carbocycles. The molecule has 0 saturated heterocycles. The number of para-hydroxylation sites is 1. The van der Waals surface area contributed by atoms with E-state index >= 15 is 0 Å². The Morgan fingerprint density at radius 2 is 1.59 bits per heavy atom. The van der Waals surface area contributed by atoms with Crippen LogP contribution in [0.3, 0.4) is 0 Å². The second-order valence-corrected chi connectivity index (χ2v) is 12.4. The minimum Gasteiger partial charge on any atom is -0.400 e. The number of aliphatic hydroxyl groups excluding tert-OH is 1. The number of hydrogen-bond acceptors (Lipinski definition) is 10. The lowest BCUT2D eigenvalue weighted by molar-refractivity contribution is -0.125. The van der Waals surface area contributed by atoms with Crippen molar-refractivity contribution in [2.45, 2.75) is 71.4 Å². The van der Waals surface area contributed by atoms with Crippen molar-refractivity contribution < 1.29 is 38.1 Å². The highest BCUT2D eigenvalue weighted by Gasteiger charge is 2.29. The van der Waals surface area contributed by atoms with Crippen LogP contribution in [0.5, 0.6) is 0 Å². The molecule has 0 aliphatic carbocycles. The van der Waals surface area contributed by atoms with Crippen molar-refractivity contribution in [3.05, 3.63) is 54.1 Å². The Kier molecular flexibility index (Phi) is 19.0. The Bertz CT molecular complexity index is 1410. The van der Waals surface area contributed by atoms with Crippen molar-refractivity contribution in [1.82, 2.24) is 20.3 Å². The summed E-state index contributed by atoms with van der Waals surface area (Å²) < 4.78 is 23.1. The highest BCUT2D eigenvalue weighted by Crippen LogP contribution is 2.41. The number of rotatable bonds is 21. The van der Waals surface area contributed by atoms with Crippen LogP contribution in [-0.2, 0) is 41.2 Å². The molecule has 2 amide bonds. The first kappa shape index (κ1) is 40.1. The summed E-state index contributed by atoms with van der Waals surface area (Å²) in [5.74, 6) is -0.277. The first-order valence-corrected chi connectivity index (χ1v) is 18.1. The minimum atomic E-state index is -1.78. The van der Waals surface area contributed by atoms with Gasteiger partial charge in [-0.25, -0.2) is 4.68 Å². The van der Waals surface area contributed by atoms with E-state index in [9.17, 15) is 14.5 Å². The van der Waals surface area contributed by atoms with Crippen LogP contribution in [0.2, 0.25) is 0 Å². The second-order valence-electron chi connectivity index (χ2n) is 11.3. The number of carbonyl (C=O) groups excluding carboxylic acids is 2. The largest absolute Gasteiger partial charge is 0.400 e. The maximum absolute atomic E-state index is 13.7. The van der Waals surface area contributed by atoms with E-state index in [1.807, 2.05) is 53.2 Å². The summed E-state index contributed by atoms with van der Waals surface area (Å²) in [4.78, 5) is 37.4. The number of aliphatic hydroxyl groups is 1. The molecule has 0 bridgehead atoms. The predicted molar refractivity (Wildman–Crippen MR) is 190 cm³/mol. The maximum atomic E-state index is 13.7. The van der Waals surface area contributed by atoms with E-state index in [2.05, 4.69) is 22.6 Å². The van der Waals surface area contributed by atoms with Crippen molar-refractivity contribution in [2.24, 2.45) is 0 Å². The van der Waals surface area contributed by atoms with Crippen molar-refractivity contribution >= 4 is 26.1 Å². The van der Waals surface area contributed by atoms with Crippen molar-refractivity contribution in [3.63, 3.8) is 0 Å². The van der Waals surface area contributed by atoms with E-state index in [0.717, 1.165) is 80.3 Å². The summed E-state index contributed by atoms with van der Waals surface area (Å²) in [6.45, 7) is 6.33. The van der Waals surface area contributed by atoms with Crippen LogP contribution in [-0.4, -0.2) is 90.6 Å². The summed E-state index contributed by atoms with van der Waals surface area (Å²) in [6, 6.07) is 15.7. The molecule has 270 valence electrons. The zero-order valence-electron chi connectivity index (χ0n) is 29.0. The molecule has 1 aliphatic rings. The normalized spacial score (nSPS) is 12.5. The Labute approximate surface area is 290 Å². The number of anilines is 1. The fourth-order valence-corrected chi connectivity index (χ4v) is 5.75. The number of fused-ring (bicyclic) bond motifs is 5. The summed E-state index contributed by atoms with van der Waals surface area (Å²) in [5, 5.41) is 19.0. The SMILES string of the molecule is CCCCOCCOCCn1nnc2c1-c1ccccc1CN(C(=O)CCC(=O)NCCCCCCOP(O)OC)c1ccccc1-2.CO. The zero-order chi connectivity index (χ0) is 35.3. The topological polar surface area (TPSA) is 158 Å². The van der Waals surface area contributed by atoms with E-state index in [1.165, 1.54) is 7.11 Å². The molecule has 4 rings (SSSR count). The van der Waals surface area contributed by atoms with E-state index in [1.54, 1.807) is 4.90 Å². The monoisotopic (exact) mass is 701 g/mol. The van der Waals surface area contributed by atoms with Gasteiger partial charge in [-0.2, -0.15) is 0 Å². The molecule has 49 heavy (non-hydrogen) atoms. The molecule has 1 aromatic heterocycles. The van der Waals surface area contributed by atoms with Crippen molar-refractivity contribution in [2.75, 3.05) is 58.7 Å². The van der Waals surface area contributed by atoms with Gasteiger partial charge in [-0.05, 0) is 30.9 Å². The molecule has 3 N–H and O–H groups in total. The van der Waals surface area contributed by atoms with Crippen molar-refractivity contribution in [3.8, 4) is 22.5 Å². The predicted octanol–water partition coefficient (Wildman–Crippen LogP) is 5.24. The van der Waals surface area contributed by atoms with Crippen molar-refractivity contribution in [1.29, 1.82) is 0 Å².